The van der Waals surface area contributed by atoms with Crippen molar-refractivity contribution in [3.8, 4) is 17.2 Å². The second-order valence-electron chi connectivity index (χ2n) is 4.85. The molecule has 0 radical (unpaired) electrons. The minimum absolute atomic E-state index is 0.238. The molecule has 0 saturated heterocycles. The topological polar surface area (TPSA) is 39.7 Å². The van der Waals surface area contributed by atoms with E-state index >= 15 is 0 Å². The van der Waals surface area contributed by atoms with Gasteiger partial charge in [-0.2, -0.15) is 0 Å². The molecule has 2 aromatic carbocycles. The molecule has 0 aliphatic carbocycles. The minimum atomic E-state index is 0.238. The highest BCUT2D eigenvalue weighted by atomic mass is 16.5. The molecule has 0 saturated carbocycles. The molecule has 0 fully saturated rings. The van der Waals surface area contributed by atoms with Gasteiger partial charge in [0.25, 0.3) is 0 Å². The minimum Gasteiger partial charge on any atom is -0.493 e. The molecule has 1 atom stereocenters. The third-order valence-corrected chi connectivity index (χ3v) is 3.52. The Morgan fingerprint density at radius 3 is 2.71 bits per heavy atom. The number of ether oxygens (including phenoxy) is 3. The highest BCUT2D eigenvalue weighted by molar-refractivity contribution is 5.40. The summed E-state index contributed by atoms with van der Waals surface area (Å²) in [7, 11) is 1.65. The number of hydrogen-bond acceptors (Lipinski definition) is 4. The molecule has 1 aliphatic heterocycles. The van der Waals surface area contributed by atoms with Crippen LogP contribution in [-0.2, 0) is 0 Å². The Kier molecular flexibility index (Phi) is 4.26. The third-order valence-electron chi connectivity index (χ3n) is 3.52. The molecule has 21 heavy (non-hydrogen) atoms. The van der Waals surface area contributed by atoms with Gasteiger partial charge in [0.05, 0.1) is 13.2 Å². The van der Waals surface area contributed by atoms with Crippen LogP contribution in [0.4, 0.5) is 0 Å². The Morgan fingerprint density at radius 2 is 1.86 bits per heavy atom. The van der Waals surface area contributed by atoms with Crippen LogP contribution in [-0.4, -0.2) is 26.9 Å². The summed E-state index contributed by atoms with van der Waals surface area (Å²) in [5.74, 6) is 2.50. The van der Waals surface area contributed by atoms with Gasteiger partial charge in [-0.15, -0.1) is 0 Å². The molecular weight excluding hydrogens is 266 g/mol. The Morgan fingerprint density at radius 1 is 1.10 bits per heavy atom. The average Bonchev–Trinajstić information content (AvgIpc) is 2.95. The first-order chi connectivity index (χ1) is 10.4. The van der Waals surface area contributed by atoms with Crippen LogP contribution in [0.5, 0.6) is 17.2 Å². The Bertz CT molecular complexity index is 600. The van der Waals surface area contributed by atoms with E-state index in [1.807, 2.05) is 42.5 Å². The van der Waals surface area contributed by atoms with Crippen molar-refractivity contribution in [1.82, 2.24) is 5.32 Å². The molecule has 110 valence electrons. The number of fused-ring (bicyclic) bond motifs is 1. The fraction of sp³-hybridized carbons (Fsp3) is 0.294. The van der Waals surface area contributed by atoms with Crippen LogP contribution in [0, 0.1) is 0 Å². The number of hydrogen-bond donors (Lipinski definition) is 1. The molecule has 3 rings (SSSR count). The van der Waals surface area contributed by atoms with Gasteiger partial charge in [0.2, 0.25) is 0 Å². The fourth-order valence-corrected chi connectivity index (χ4v) is 2.46. The Labute approximate surface area is 124 Å². The maximum atomic E-state index is 5.75. The summed E-state index contributed by atoms with van der Waals surface area (Å²) < 4.78 is 16.6. The molecule has 1 heterocycles. The number of para-hydroxylation sites is 3. The lowest BCUT2D eigenvalue weighted by Crippen LogP contribution is -2.27. The van der Waals surface area contributed by atoms with E-state index < -0.39 is 0 Å². The number of nitrogens with one attached hydrogen (secondary N) is 1. The predicted molar refractivity (Wildman–Crippen MR) is 81.2 cm³/mol. The molecule has 0 spiro atoms. The van der Waals surface area contributed by atoms with Crippen molar-refractivity contribution in [2.24, 2.45) is 0 Å². The van der Waals surface area contributed by atoms with Crippen molar-refractivity contribution < 1.29 is 14.2 Å². The molecule has 0 amide bonds. The van der Waals surface area contributed by atoms with Crippen molar-refractivity contribution in [2.45, 2.75) is 6.04 Å². The van der Waals surface area contributed by atoms with Crippen molar-refractivity contribution >= 4 is 0 Å². The van der Waals surface area contributed by atoms with Crippen LogP contribution in [0.25, 0.3) is 0 Å². The van der Waals surface area contributed by atoms with Gasteiger partial charge >= 0.3 is 0 Å². The van der Waals surface area contributed by atoms with Gasteiger partial charge in [-0.1, -0.05) is 30.3 Å². The van der Waals surface area contributed by atoms with Crippen molar-refractivity contribution in [3.63, 3.8) is 0 Å². The number of benzene rings is 2. The third kappa shape index (κ3) is 3.11. The van der Waals surface area contributed by atoms with E-state index in [0.717, 1.165) is 23.8 Å². The molecular formula is C17H19NO3. The first kappa shape index (κ1) is 13.8. The van der Waals surface area contributed by atoms with Crippen molar-refractivity contribution in [2.75, 3.05) is 26.9 Å². The summed E-state index contributed by atoms with van der Waals surface area (Å²) in [5.41, 5.74) is 1.22. The van der Waals surface area contributed by atoms with Gasteiger partial charge in [-0.3, -0.25) is 0 Å². The van der Waals surface area contributed by atoms with Crippen LogP contribution >= 0.6 is 0 Å². The normalized spacial score (nSPS) is 16.1. The van der Waals surface area contributed by atoms with Gasteiger partial charge in [-0.05, 0) is 18.2 Å². The van der Waals surface area contributed by atoms with E-state index in [9.17, 15) is 0 Å². The summed E-state index contributed by atoms with van der Waals surface area (Å²) in [6, 6.07) is 16.0. The predicted octanol–water partition coefficient (Wildman–Crippen LogP) is 2.80. The summed E-state index contributed by atoms with van der Waals surface area (Å²) in [5, 5.41) is 3.45. The lowest BCUT2D eigenvalue weighted by atomic mass is 10.1. The van der Waals surface area contributed by atoms with E-state index in [1.165, 1.54) is 5.56 Å². The number of rotatable bonds is 6. The first-order valence-electron chi connectivity index (χ1n) is 7.09. The summed E-state index contributed by atoms with van der Waals surface area (Å²) in [6.07, 6.45) is 0. The largest absolute Gasteiger partial charge is 0.493 e. The van der Waals surface area contributed by atoms with Gasteiger partial charge in [0.1, 0.15) is 19.0 Å². The standard InChI is InChI=1S/C17H19NO3/c1-19-16-8-4-5-9-17(16)20-11-10-18-14-12-21-15-7-3-2-6-13(14)15/h2-9,14,18H,10-12H2,1H3. The quantitative estimate of drug-likeness (QED) is 0.829. The first-order valence-corrected chi connectivity index (χ1v) is 7.09. The van der Waals surface area contributed by atoms with E-state index in [0.29, 0.717) is 13.2 Å². The molecule has 1 aliphatic rings. The van der Waals surface area contributed by atoms with Gasteiger partial charge in [0.15, 0.2) is 11.5 Å². The number of methoxy groups -OCH3 is 1. The monoisotopic (exact) mass is 285 g/mol. The highest BCUT2D eigenvalue weighted by Gasteiger charge is 2.22. The van der Waals surface area contributed by atoms with E-state index in [1.54, 1.807) is 7.11 Å². The molecule has 4 heteroatoms. The highest BCUT2D eigenvalue weighted by Crippen LogP contribution is 2.31. The van der Waals surface area contributed by atoms with E-state index in [2.05, 4.69) is 11.4 Å². The SMILES string of the molecule is COc1ccccc1OCCNC1COc2ccccc21. The molecule has 1 unspecified atom stereocenters. The van der Waals surface area contributed by atoms with Crippen LogP contribution in [0.2, 0.25) is 0 Å². The van der Waals surface area contributed by atoms with Gasteiger partial charge in [-0.25, -0.2) is 0 Å². The lowest BCUT2D eigenvalue weighted by molar-refractivity contribution is 0.270. The summed E-state index contributed by atoms with van der Waals surface area (Å²) in [4.78, 5) is 0. The lowest BCUT2D eigenvalue weighted by Gasteiger charge is -2.13. The van der Waals surface area contributed by atoms with Crippen LogP contribution < -0.4 is 19.5 Å². The summed E-state index contributed by atoms with van der Waals surface area (Å²) >= 11 is 0. The maximum Gasteiger partial charge on any atom is 0.161 e. The van der Waals surface area contributed by atoms with Gasteiger partial charge in [0, 0.05) is 12.1 Å². The van der Waals surface area contributed by atoms with Gasteiger partial charge < -0.3 is 19.5 Å². The molecule has 0 aromatic heterocycles. The van der Waals surface area contributed by atoms with Crippen molar-refractivity contribution in [3.05, 3.63) is 54.1 Å². The Hall–Kier alpha value is -2.20. The molecule has 1 N–H and O–H groups in total. The fourth-order valence-electron chi connectivity index (χ4n) is 2.46. The summed E-state index contributed by atoms with van der Waals surface area (Å²) in [6.45, 7) is 2.01. The van der Waals surface area contributed by atoms with E-state index in [-0.39, 0.29) is 6.04 Å². The molecule has 4 nitrogen and oxygen atoms in total. The zero-order chi connectivity index (χ0) is 14.5. The second kappa shape index (κ2) is 6.50. The van der Waals surface area contributed by atoms with Crippen molar-refractivity contribution in [1.29, 1.82) is 0 Å². The zero-order valence-corrected chi connectivity index (χ0v) is 12.0. The smallest absolute Gasteiger partial charge is 0.161 e. The maximum absolute atomic E-state index is 5.75. The van der Waals surface area contributed by atoms with E-state index in [4.69, 9.17) is 14.2 Å². The van der Waals surface area contributed by atoms with Crippen LogP contribution in [0.3, 0.4) is 0 Å². The van der Waals surface area contributed by atoms with Crippen LogP contribution in [0.15, 0.2) is 48.5 Å². The molecule has 2 aromatic rings. The molecule has 0 bridgehead atoms. The zero-order valence-electron chi connectivity index (χ0n) is 12.0. The Balaban J connectivity index is 1.49. The second-order valence-corrected chi connectivity index (χ2v) is 4.85. The van der Waals surface area contributed by atoms with Crippen LogP contribution in [0.1, 0.15) is 11.6 Å². The average molecular weight is 285 g/mol.